The van der Waals surface area contributed by atoms with Gasteiger partial charge in [0.1, 0.15) is 5.71 Å². The van der Waals surface area contributed by atoms with Crippen LogP contribution in [0.25, 0.3) is 5.57 Å². The molecule has 4 heteroatoms. The lowest BCUT2D eigenvalue weighted by atomic mass is 9.94. The number of nitrogens with one attached hydrogen (secondary N) is 1. The van der Waals surface area contributed by atoms with Gasteiger partial charge in [-0.3, -0.25) is 5.41 Å². The molecule has 0 aromatic heterocycles. The van der Waals surface area contributed by atoms with Gasteiger partial charge < -0.3 is 0 Å². The molecular weight excluding hydrogens is 284 g/mol. The predicted octanol–water partition coefficient (Wildman–Crippen LogP) is 3.67. The fourth-order valence-corrected chi connectivity index (χ4v) is 2.29. The summed E-state index contributed by atoms with van der Waals surface area (Å²) in [5, 5.41) is 8.05. The van der Waals surface area contributed by atoms with Gasteiger partial charge in [-0.1, -0.05) is 36.4 Å². The quantitative estimate of drug-likeness (QED) is 0.585. The Morgan fingerprint density at radius 3 is 2.44 bits per heavy atom. The maximum absolute atomic E-state index is 8.05. The van der Waals surface area contributed by atoms with Gasteiger partial charge >= 0.3 is 0 Å². The predicted molar refractivity (Wildman–Crippen MR) is 75.6 cm³/mol. The summed E-state index contributed by atoms with van der Waals surface area (Å²) in [7, 11) is 0. The third-order valence-electron chi connectivity index (χ3n) is 2.31. The number of benzene rings is 1. The molecule has 0 atom stereocenters. The van der Waals surface area contributed by atoms with Gasteiger partial charge in [0.15, 0.2) is 0 Å². The van der Waals surface area contributed by atoms with Crippen molar-refractivity contribution in [2.75, 3.05) is 0 Å². The lowest BCUT2D eigenvalue weighted by Gasteiger charge is -2.14. The Morgan fingerprint density at radius 2 is 1.81 bits per heavy atom. The highest BCUT2D eigenvalue weighted by molar-refractivity contribution is 9.12. The zero-order valence-corrected chi connectivity index (χ0v) is 10.8. The summed E-state index contributed by atoms with van der Waals surface area (Å²) in [6.07, 6.45) is 3.79. The average Bonchev–Trinajstić information content (AvgIpc) is 2.31. The number of hydrogen-bond donors (Lipinski definition) is 2. The molecule has 0 aliphatic heterocycles. The van der Waals surface area contributed by atoms with E-state index in [1.165, 1.54) is 0 Å². The number of allylic oxidation sites excluding steroid dienone is 4. The van der Waals surface area contributed by atoms with Gasteiger partial charge in [0.25, 0.3) is 0 Å². The van der Waals surface area contributed by atoms with Crippen molar-refractivity contribution >= 4 is 45.7 Å². The summed E-state index contributed by atoms with van der Waals surface area (Å²) in [6.45, 7) is 0. The monoisotopic (exact) mass is 292 g/mol. The molecule has 0 fully saturated rings. The summed E-state index contributed by atoms with van der Waals surface area (Å²) >= 11 is 7.24. The molecule has 1 aromatic rings. The van der Waals surface area contributed by atoms with Crippen molar-refractivity contribution < 1.29 is 0 Å². The first-order chi connectivity index (χ1) is 7.74. The van der Waals surface area contributed by atoms with Crippen LogP contribution >= 0.6 is 28.7 Å². The molecule has 0 bridgehead atoms. The molecule has 1 aromatic carbocycles. The van der Waals surface area contributed by atoms with Crippen LogP contribution in [0.3, 0.4) is 0 Å². The molecule has 80 valence electrons. The summed E-state index contributed by atoms with van der Waals surface area (Å²) < 4.78 is 4.60. The Bertz CT molecular complexity index is 515. The van der Waals surface area contributed by atoms with E-state index in [9.17, 15) is 0 Å². The molecule has 1 aliphatic carbocycles. The Labute approximate surface area is 108 Å². The van der Waals surface area contributed by atoms with Crippen LogP contribution in [-0.4, -0.2) is 11.4 Å². The van der Waals surface area contributed by atoms with E-state index >= 15 is 0 Å². The number of rotatable bonds is 1. The van der Waals surface area contributed by atoms with E-state index in [1.807, 2.05) is 42.5 Å². The average molecular weight is 293 g/mol. The molecule has 0 amide bonds. The van der Waals surface area contributed by atoms with Gasteiger partial charge in [0.2, 0.25) is 0 Å². The van der Waals surface area contributed by atoms with Gasteiger partial charge in [0, 0.05) is 10.1 Å². The second kappa shape index (κ2) is 4.80. The van der Waals surface area contributed by atoms with Crippen molar-refractivity contribution in [3.8, 4) is 0 Å². The van der Waals surface area contributed by atoms with Crippen LogP contribution in [0.5, 0.6) is 0 Å². The molecule has 0 unspecified atom stereocenters. The minimum Gasteiger partial charge on any atom is -0.298 e. The van der Waals surface area contributed by atoms with E-state index in [0.717, 1.165) is 15.6 Å². The topological polar surface area (TPSA) is 36.2 Å². The van der Waals surface area contributed by atoms with E-state index in [-0.39, 0.29) is 0 Å². The highest BCUT2D eigenvalue weighted by atomic mass is 79.9. The third-order valence-corrected chi connectivity index (χ3v) is 3.15. The molecule has 1 aliphatic rings. The van der Waals surface area contributed by atoms with Crippen LogP contribution in [0.2, 0.25) is 0 Å². The van der Waals surface area contributed by atoms with Crippen molar-refractivity contribution in [3.63, 3.8) is 0 Å². The Hall–Kier alpha value is -1.13. The molecule has 16 heavy (non-hydrogen) atoms. The first-order valence-corrected chi connectivity index (χ1v) is 5.88. The zero-order valence-electron chi connectivity index (χ0n) is 8.31. The normalized spacial score (nSPS) is 18.4. The number of thiol groups is 1. The van der Waals surface area contributed by atoms with E-state index in [2.05, 4.69) is 33.1 Å². The van der Waals surface area contributed by atoms with E-state index in [4.69, 9.17) is 5.41 Å². The van der Waals surface area contributed by atoms with Crippen LogP contribution in [-0.2, 0) is 0 Å². The summed E-state index contributed by atoms with van der Waals surface area (Å²) in [6, 6.07) is 9.81. The molecule has 0 saturated heterocycles. The van der Waals surface area contributed by atoms with Crippen LogP contribution in [0.1, 0.15) is 5.56 Å². The summed E-state index contributed by atoms with van der Waals surface area (Å²) in [4.78, 5) is 0. The van der Waals surface area contributed by atoms with Crippen molar-refractivity contribution in [1.29, 1.82) is 5.41 Å². The van der Waals surface area contributed by atoms with E-state index in [0.29, 0.717) is 11.4 Å². The molecule has 1 N–H and O–H groups in total. The van der Waals surface area contributed by atoms with Gasteiger partial charge in [-0.15, -0.1) is 0 Å². The van der Waals surface area contributed by atoms with Crippen molar-refractivity contribution in [2.45, 2.75) is 0 Å². The van der Waals surface area contributed by atoms with Gasteiger partial charge in [-0.05, 0) is 40.4 Å². The maximum Gasteiger partial charge on any atom is 0.111 e. The first-order valence-electron chi connectivity index (χ1n) is 4.68. The molecule has 2 nitrogen and oxygen atoms in total. The van der Waals surface area contributed by atoms with Crippen LogP contribution < -0.4 is 0 Å². The van der Waals surface area contributed by atoms with Crippen LogP contribution in [0.15, 0.2) is 51.4 Å². The van der Waals surface area contributed by atoms with Gasteiger partial charge in [-0.2, -0.15) is 0 Å². The van der Waals surface area contributed by atoms with Gasteiger partial charge in [0.05, 0.1) is 5.71 Å². The van der Waals surface area contributed by atoms with Crippen LogP contribution in [0, 0.1) is 5.41 Å². The fraction of sp³-hybridized carbons (Fsp3) is 0. The molecule has 0 saturated carbocycles. The zero-order chi connectivity index (χ0) is 11.5. The first kappa shape index (κ1) is 11.4. The molecule has 0 spiro atoms. The molecule has 2 rings (SSSR count). The maximum atomic E-state index is 8.05. The minimum atomic E-state index is 0.385. The second-order valence-corrected chi connectivity index (χ2v) is 4.34. The lowest BCUT2D eigenvalue weighted by molar-refractivity contribution is 1.53. The third kappa shape index (κ3) is 2.03. The van der Waals surface area contributed by atoms with Crippen molar-refractivity contribution in [1.82, 2.24) is 0 Å². The highest BCUT2D eigenvalue weighted by Gasteiger charge is 2.19. The van der Waals surface area contributed by atoms with Crippen molar-refractivity contribution in [2.24, 2.45) is 4.40 Å². The van der Waals surface area contributed by atoms with Crippen molar-refractivity contribution in [3.05, 3.63) is 52.5 Å². The second-order valence-electron chi connectivity index (χ2n) is 3.28. The lowest BCUT2D eigenvalue weighted by Crippen LogP contribution is -2.17. The fourth-order valence-electron chi connectivity index (χ4n) is 1.52. The molecular formula is C12H9BrN2S. The smallest absolute Gasteiger partial charge is 0.111 e. The molecule has 0 radical (unpaired) electrons. The number of nitrogens with zero attached hydrogens (tertiary/aromatic N) is 1. The standard InChI is InChI=1S/C12H9BrN2S/c13-10-7-6-9(11(14)12(10)15-16)8-4-2-1-3-5-8/h1-7,14,16H/b14-11?,15-12-. The summed E-state index contributed by atoms with van der Waals surface area (Å²) in [5.41, 5.74) is 2.81. The highest BCUT2D eigenvalue weighted by Crippen LogP contribution is 2.25. The minimum absolute atomic E-state index is 0.385. The van der Waals surface area contributed by atoms with Gasteiger partial charge in [-0.25, -0.2) is 4.40 Å². The Kier molecular flexibility index (Phi) is 3.41. The molecule has 0 heterocycles. The Morgan fingerprint density at radius 1 is 1.12 bits per heavy atom. The summed E-state index contributed by atoms with van der Waals surface area (Å²) in [5.74, 6) is 0. The van der Waals surface area contributed by atoms with E-state index in [1.54, 1.807) is 0 Å². The number of halogens is 1. The van der Waals surface area contributed by atoms with E-state index < -0.39 is 0 Å². The SMILES string of the molecule is N=C1C(c2ccccc2)=CC=C(Br)/C1=N/S. The Balaban J connectivity index is 2.49. The number of hydrogen-bond acceptors (Lipinski definition) is 3. The van der Waals surface area contributed by atoms with Crippen LogP contribution in [0.4, 0.5) is 0 Å². The largest absolute Gasteiger partial charge is 0.298 e.